The van der Waals surface area contributed by atoms with Crippen LogP contribution in [0.15, 0.2) is 12.1 Å². The number of rotatable bonds is 2. The molecule has 0 saturated heterocycles. The predicted octanol–water partition coefficient (Wildman–Crippen LogP) is 5.11. The van der Waals surface area contributed by atoms with Crippen LogP contribution in [0.2, 0.25) is 5.02 Å². The largest absolute Gasteiger partial charge is 0.294 e. The van der Waals surface area contributed by atoms with Crippen LogP contribution >= 0.6 is 11.6 Å². The first-order valence-corrected chi connectivity index (χ1v) is 7.13. The minimum Gasteiger partial charge on any atom is -0.294 e. The van der Waals surface area contributed by atoms with Crippen molar-refractivity contribution in [2.75, 3.05) is 0 Å². The van der Waals surface area contributed by atoms with E-state index in [1.54, 1.807) is 0 Å². The maximum Gasteiger partial charge on any atom is 0.170 e. The number of carbonyl (C=O) groups excluding carboxylic acids is 1. The number of hydrogen-bond donors (Lipinski definition) is 0. The maximum absolute atomic E-state index is 12.7. The Morgan fingerprint density at radius 1 is 1.11 bits per heavy atom. The lowest BCUT2D eigenvalue weighted by Crippen LogP contribution is -2.30. The zero-order chi connectivity index (χ0) is 13.3. The van der Waals surface area contributed by atoms with Crippen molar-refractivity contribution in [3.63, 3.8) is 0 Å². The van der Waals surface area contributed by atoms with Crippen LogP contribution in [0.4, 0.5) is 0 Å². The molecule has 2 rings (SSSR count). The molecular formula is C16H21ClO. The number of Topliss-reactive ketones (excluding diaryl/α,β-unsaturated/α-hetero) is 1. The molecule has 1 aromatic rings. The molecule has 0 amide bonds. The lowest BCUT2D eigenvalue weighted by atomic mass is 9.71. The van der Waals surface area contributed by atoms with Crippen LogP contribution in [0.5, 0.6) is 0 Å². The zero-order valence-electron chi connectivity index (χ0n) is 11.5. The summed E-state index contributed by atoms with van der Waals surface area (Å²) in [7, 11) is 0. The van der Waals surface area contributed by atoms with Crippen molar-refractivity contribution in [1.82, 2.24) is 0 Å². The Kier molecular flexibility index (Phi) is 3.82. The Bertz CT molecular complexity index is 470. The highest BCUT2D eigenvalue weighted by Gasteiger charge is 2.35. The Labute approximate surface area is 115 Å². The summed E-state index contributed by atoms with van der Waals surface area (Å²) in [5, 5.41) is 0.606. The van der Waals surface area contributed by atoms with Gasteiger partial charge in [0.2, 0.25) is 0 Å². The Balaban J connectivity index is 2.36. The Hall–Kier alpha value is -0.820. The van der Waals surface area contributed by atoms with Crippen molar-refractivity contribution in [3.05, 3.63) is 33.8 Å². The number of aryl methyl sites for hydroxylation is 2. The lowest BCUT2D eigenvalue weighted by Gasteiger charge is -2.32. The van der Waals surface area contributed by atoms with Crippen LogP contribution in [0.1, 0.15) is 60.5 Å². The predicted molar refractivity (Wildman–Crippen MR) is 76.4 cm³/mol. The first-order valence-electron chi connectivity index (χ1n) is 6.75. The monoisotopic (exact) mass is 264 g/mol. The van der Waals surface area contributed by atoms with Gasteiger partial charge in [-0.2, -0.15) is 0 Å². The minimum absolute atomic E-state index is 0.205. The van der Waals surface area contributed by atoms with Crippen molar-refractivity contribution >= 4 is 17.4 Å². The van der Waals surface area contributed by atoms with E-state index in [9.17, 15) is 4.79 Å². The van der Waals surface area contributed by atoms with Gasteiger partial charge in [-0.3, -0.25) is 4.79 Å². The molecular weight excluding hydrogens is 244 g/mol. The van der Waals surface area contributed by atoms with E-state index in [0.29, 0.717) is 10.6 Å². The molecule has 0 bridgehead atoms. The summed E-state index contributed by atoms with van der Waals surface area (Å²) in [4.78, 5) is 12.7. The first kappa shape index (κ1) is 13.6. The van der Waals surface area contributed by atoms with E-state index < -0.39 is 0 Å². The third-order valence-electron chi connectivity index (χ3n) is 4.33. The van der Waals surface area contributed by atoms with Gasteiger partial charge in [0.15, 0.2) is 5.78 Å². The van der Waals surface area contributed by atoms with Crippen molar-refractivity contribution in [1.29, 1.82) is 0 Å². The van der Waals surface area contributed by atoms with Crippen LogP contribution in [-0.4, -0.2) is 5.78 Å². The second-order valence-corrected chi connectivity index (χ2v) is 6.27. The average molecular weight is 265 g/mol. The van der Waals surface area contributed by atoms with Crippen molar-refractivity contribution < 1.29 is 4.79 Å². The van der Waals surface area contributed by atoms with Crippen LogP contribution in [0, 0.1) is 19.3 Å². The molecule has 0 spiro atoms. The van der Waals surface area contributed by atoms with E-state index in [0.717, 1.165) is 36.8 Å². The van der Waals surface area contributed by atoms with Gasteiger partial charge in [0.05, 0.1) is 5.02 Å². The van der Waals surface area contributed by atoms with Crippen molar-refractivity contribution in [3.8, 4) is 0 Å². The molecule has 0 radical (unpaired) electrons. The van der Waals surface area contributed by atoms with Crippen molar-refractivity contribution in [2.45, 2.75) is 52.9 Å². The number of ketones is 1. The fourth-order valence-electron chi connectivity index (χ4n) is 2.84. The molecule has 1 nitrogen and oxygen atoms in total. The fraction of sp³-hybridized carbons (Fsp3) is 0.562. The normalized spacial score (nSPS) is 18.7. The highest BCUT2D eigenvalue weighted by atomic mass is 35.5. The van der Waals surface area contributed by atoms with Gasteiger partial charge in [0.1, 0.15) is 0 Å². The van der Waals surface area contributed by atoms with E-state index in [1.807, 2.05) is 26.0 Å². The molecule has 18 heavy (non-hydrogen) atoms. The summed E-state index contributed by atoms with van der Waals surface area (Å²) >= 11 is 6.26. The summed E-state index contributed by atoms with van der Waals surface area (Å²) < 4.78 is 0. The molecule has 1 aromatic carbocycles. The Morgan fingerprint density at radius 3 is 2.28 bits per heavy atom. The van der Waals surface area contributed by atoms with Gasteiger partial charge < -0.3 is 0 Å². The summed E-state index contributed by atoms with van der Waals surface area (Å²) in [6, 6.07) is 3.87. The second kappa shape index (κ2) is 5.05. The van der Waals surface area contributed by atoms with E-state index >= 15 is 0 Å². The molecule has 2 heteroatoms. The third-order valence-corrected chi connectivity index (χ3v) is 4.65. The summed E-state index contributed by atoms with van der Waals surface area (Å²) in [5.74, 6) is 0.232. The first-order chi connectivity index (χ1) is 8.44. The summed E-state index contributed by atoms with van der Waals surface area (Å²) in [5.41, 5.74) is 2.79. The smallest absolute Gasteiger partial charge is 0.170 e. The van der Waals surface area contributed by atoms with Gasteiger partial charge in [-0.15, -0.1) is 0 Å². The molecule has 1 fully saturated rings. The zero-order valence-corrected chi connectivity index (χ0v) is 12.2. The van der Waals surface area contributed by atoms with E-state index in [-0.39, 0.29) is 11.2 Å². The second-order valence-electron chi connectivity index (χ2n) is 5.87. The van der Waals surface area contributed by atoms with Gasteiger partial charge in [0, 0.05) is 11.0 Å². The summed E-state index contributed by atoms with van der Waals surface area (Å²) in [6.45, 7) is 6.16. The van der Waals surface area contributed by atoms with Gasteiger partial charge in [-0.25, -0.2) is 0 Å². The summed E-state index contributed by atoms with van der Waals surface area (Å²) in [6.07, 6.45) is 5.56. The quantitative estimate of drug-likeness (QED) is 0.679. The number of hydrogen-bond acceptors (Lipinski definition) is 1. The molecule has 0 heterocycles. The van der Waals surface area contributed by atoms with Crippen LogP contribution in [-0.2, 0) is 0 Å². The Morgan fingerprint density at radius 2 is 1.67 bits per heavy atom. The van der Waals surface area contributed by atoms with Gasteiger partial charge in [-0.05, 0) is 49.9 Å². The average Bonchev–Trinajstić information content (AvgIpc) is 2.34. The van der Waals surface area contributed by atoms with Gasteiger partial charge in [-0.1, -0.05) is 37.8 Å². The SMILES string of the molecule is Cc1cc(Cl)c(C(=O)C2(C)CCCCC2)cc1C. The third kappa shape index (κ3) is 2.47. The van der Waals surface area contributed by atoms with Crippen LogP contribution in [0.3, 0.4) is 0 Å². The molecule has 0 aliphatic heterocycles. The molecule has 0 aromatic heterocycles. The molecule has 98 valence electrons. The number of carbonyl (C=O) groups is 1. The van der Waals surface area contributed by atoms with Crippen molar-refractivity contribution in [2.24, 2.45) is 5.41 Å². The molecule has 1 aliphatic carbocycles. The minimum atomic E-state index is -0.205. The van der Waals surface area contributed by atoms with Crippen LogP contribution < -0.4 is 0 Å². The van der Waals surface area contributed by atoms with Crippen LogP contribution in [0.25, 0.3) is 0 Å². The molecule has 0 unspecified atom stereocenters. The molecule has 0 atom stereocenters. The maximum atomic E-state index is 12.7. The molecule has 0 N–H and O–H groups in total. The number of halogens is 1. The molecule has 1 aliphatic rings. The van der Waals surface area contributed by atoms with E-state index in [1.165, 1.54) is 6.42 Å². The molecule has 1 saturated carbocycles. The van der Waals surface area contributed by atoms with Gasteiger partial charge in [0.25, 0.3) is 0 Å². The lowest BCUT2D eigenvalue weighted by molar-refractivity contribution is 0.0749. The fourth-order valence-corrected chi connectivity index (χ4v) is 3.14. The topological polar surface area (TPSA) is 17.1 Å². The standard InChI is InChI=1S/C16H21ClO/c1-11-9-13(14(17)10-12(11)2)15(18)16(3)7-5-4-6-8-16/h9-10H,4-8H2,1-3H3. The van der Waals surface area contributed by atoms with E-state index in [4.69, 9.17) is 11.6 Å². The highest BCUT2D eigenvalue weighted by Crippen LogP contribution is 2.40. The number of benzene rings is 1. The van der Waals surface area contributed by atoms with Gasteiger partial charge >= 0.3 is 0 Å². The van der Waals surface area contributed by atoms with E-state index in [2.05, 4.69) is 6.92 Å². The highest BCUT2D eigenvalue weighted by molar-refractivity contribution is 6.34.